The molecule has 3 unspecified atom stereocenters. The Balaban J connectivity index is 1.71. The lowest BCUT2D eigenvalue weighted by Crippen LogP contribution is -2.45. The molecular formula is C21H27N3O3. The maximum absolute atomic E-state index is 12.7. The zero-order valence-corrected chi connectivity index (χ0v) is 15.8. The Morgan fingerprint density at radius 3 is 2.63 bits per heavy atom. The third-order valence-corrected chi connectivity index (χ3v) is 5.05. The molecule has 5 N–H and O–H groups in total. The van der Waals surface area contributed by atoms with Crippen LogP contribution >= 0.6 is 0 Å². The zero-order chi connectivity index (χ0) is 19.4. The van der Waals surface area contributed by atoms with Gasteiger partial charge in [-0.25, -0.2) is 0 Å². The van der Waals surface area contributed by atoms with Crippen molar-refractivity contribution in [1.82, 2.24) is 5.32 Å². The Labute approximate surface area is 159 Å². The third kappa shape index (κ3) is 4.59. The number of carbonyl (C=O) groups is 1. The first-order valence-electron chi connectivity index (χ1n) is 9.24. The average molecular weight is 369 g/mol. The van der Waals surface area contributed by atoms with Gasteiger partial charge in [0.05, 0.1) is 24.1 Å². The van der Waals surface area contributed by atoms with Crippen molar-refractivity contribution in [3.63, 3.8) is 0 Å². The van der Waals surface area contributed by atoms with Gasteiger partial charge >= 0.3 is 0 Å². The van der Waals surface area contributed by atoms with Crippen molar-refractivity contribution >= 4 is 17.2 Å². The minimum Gasteiger partial charge on any atom is -0.490 e. The van der Waals surface area contributed by atoms with Crippen LogP contribution in [0.5, 0.6) is 5.75 Å². The Kier molecular flexibility index (Phi) is 5.98. The van der Waals surface area contributed by atoms with E-state index in [4.69, 9.17) is 20.9 Å². The smallest absolute Gasteiger partial charge is 0.193 e. The molecule has 0 amide bonds. The first-order valence-corrected chi connectivity index (χ1v) is 9.24. The molecule has 144 valence electrons. The van der Waals surface area contributed by atoms with Crippen LogP contribution in [0.4, 0.5) is 11.4 Å². The number of nitrogen functional groups attached to an aromatic ring is 2. The summed E-state index contributed by atoms with van der Waals surface area (Å²) in [6, 6.07) is 12.1. The number of anilines is 2. The summed E-state index contributed by atoms with van der Waals surface area (Å²) < 4.78 is 11.9. The highest BCUT2D eigenvalue weighted by Crippen LogP contribution is 2.24. The van der Waals surface area contributed by atoms with Gasteiger partial charge in [0.15, 0.2) is 5.78 Å². The molecule has 0 radical (unpaired) electrons. The SMILES string of the molecule is CC(Oc1cccc(C(=O)c2ccc(N)c(N)c2)c1)C(C)C1CNCCO1. The lowest BCUT2D eigenvalue weighted by molar-refractivity contribution is -0.0341. The molecule has 2 aromatic carbocycles. The van der Waals surface area contributed by atoms with Crippen LogP contribution in [0.3, 0.4) is 0 Å². The Hall–Kier alpha value is -2.57. The molecule has 0 aromatic heterocycles. The first-order chi connectivity index (χ1) is 13.0. The van der Waals surface area contributed by atoms with Crippen LogP contribution in [0.15, 0.2) is 42.5 Å². The minimum absolute atomic E-state index is 0.0487. The van der Waals surface area contributed by atoms with E-state index in [2.05, 4.69) is 12.2 Å². The van der Waals surface area contributed by atoms with Crippen molar-refractivity contribution in [3.8, 4) is 5.75 Å². The highest BCUT2D eigenvalue weighted by atomic mass is 16.5. The maximum Gasteiger partial charge on any atom is 0.193 e. The molecular weight excluding hydrogens is 342 g/mol. The lowest BCUT2D eigenvalue weighted by Gasteiger charge is -2.32. The van der Waals surface area contributed by atoms with Crippen LogP contribution in [0.25, 0.3) is 0 Å². The van der Waals surface area contributed by atoms with Crippen LogP contribution in [0.1, 0.15) is 29.8 Å². The highest BCUT2D eigenvalue weighted by Gasteiger charge is 2.26. The van der Waals surface area contributed by atoms with Crippen molar-refractivity contribution in [2.45, 2.75) is 26.1 Å². The first kappa shape index (κ1) is 19.2. The topological polar surface area (TPSA) is 99.6 Å². The van der Waals surface area contributed by atoms with Gasteiger partial charge < -0.3 is 26.3 Å². The second kappa shape index (κ2) is 8.41. The number of hydrogen-bond donors (Lipinski definition) is 3. The van der Waals surface area contributed by atoms with Crippen LogP contribution in [-0.4, -0.2) is 37.7 Å². The van der Waals surface area contributed by atoms with E-state index >= 15 is 0 Å². The molecule has 27 heavy (non-hydrogen) atoms. The molecule has 3 atom stereocenters. The van der Waals surface area contributed by atoms with E-state index in [0.29, 0.717) is 28.3 Å². The molecule has 6 heteroatoms. The fourth-order valence-corrected chi connectivity index (χ4v) is 3.14. The maximum atomic E-state index is 12.7. The molecule has 1 fully saturated rings. The van der Waals surface area contributed by atoms with E-state index in [-0.39, 0.29) is 23.9 Å². The van der Waals surface area contributed by atoms with Crippen molar-refractivity contribution < 1.29 is 14.3 Å². The number of ether oxygens (including phenoxy) is 2. The summed E-state index contributed by atoms with van der Waals surface area (Å²) >= 11 is 0. The summed E-state index contributed by atoms with van der Waals surface area (Å²) in [5.41, 5.74) is 13.5. The molecule has 1 aliphatic heterocycles. The van der Waals surface area contributed by atoms with Gasteiger partial charge in [-0.2, -0.15) is 0 Å². The minimum atomic E-state index is -0.118. The van der Waals surface area contributed by atoms with Crippen LogP contribution in [0.2, 0.25) is 0 Å². The number of nitrogens with one attached hydrogen (secondary N) is 1. The summed E-state index contributed by atoms with van der Waals surface area (Å²) in [5.74, 6) is 0.758. The Morgan fingerprint density at radius 1 is 1.15 bits per heavy atom. The van der Waals surface area contributed by atoms with Gasteiger partial charge in [-0.15, -0.1) is 0 Å². The van der Waals surface area contributed by atoms with Crippen LogP contribution < -0.4 is 21.5 Å². The second-order valence-corrected chi connectivity index (χ2v) is 7.00. The van der Waals surface area contributed by atoms with Crippen molar-refractivity contribution in [3.05, 3.63) is 53.6 Å². The molecule has 0 bridgehead atoms. The summed E-state index contributed by atoms with van der Waals surface area (Å²) in [6.45, 7) is 6.58. The number of hydrogen-bond acceptors (Lipinski definition) is 6. The molecule has 1 saturated heterocycles. The van der Waals surface area contributed by atoms with Crippen molar-refractivity contribution in [2.75, 3.05) is 31.2 Å². The second-order valence-electron chi connectivity index (χ2n) is 7.00. The van der Waals surface area contributed by atoms with Crippen molar-refractivity contribution in [2.24, 2.45) is 5.92 Å². The molecule has 1 heterocycles. The van der Waals surface area contributed by atoms with Crippen molar-refractivity contribution in [1.29, 1.82) is 0 Å². The monoisotopic (exact) mass is 369 g/mol. The van der Waals surface area contributed by atoms with Gasteiger partial charge in [-0.3, -0.25) is 4.79 Å². The van der Waals surface area contributed by atoms with Crippen LogP contribution in [-0.2, 0) is 4.74 Å². The van der Waals surface area contributed by atoms with E-state index in [1.165, 1.54) is 0 Å². The van der Waals surface area contributed by atoms with E-state index in [0.717, 1.165) is 19.7 Å². The molecule has 6 nitrogen and oxygen atoms in total. The van der Waals surface area contributed by atoms with E-state index in [9.17, 15) is 4.79 Å². The summed E-state index contributed by atoms with van der Waals surface area (Å²) in [4.78, 5) is 12.7. The van der Waals surface area contributed by atoms with Gasteiger partial charge in [0, 0.05) is 30.1 Å². The van der Waals surface area contributed by atoms with Crippen LogP contribution in [0, 0.1) is 5.92 Å². The molecule has 0 aliphatic carbocycles. The average Bonchev–Trinajstić information content (AvgIpc) is 2.69. The van der Waals surface area contributed by atoms with Gasteiger partial charge in [0.1, 0.15) is 11.9 Å². The number of morpholine rings is 1. The summed E-state index contributed by atoms with van der Waals surface area (Å²) in [5, 5.41) is 3.34. The standard InChI is InChI=1S/C21H27N3O3/c1-13(20-12-24-8-9-26-20)14(2)27-17-5-3-4-15(10-17)21(25)16-6-7-18(22)19(23)11-16/h3-7,10-11,13-14,20,24H,8-9,12,22-23H2,1-2H3. The molecule has 2 aromatic rings. The quantitative estimate of drug-likeness (QED) is 0.534. The number of benzene rings is 2. The molecule has 0 spiro atoms. The number of nitrogens with two attached hydrogens (primary N) is 2. The summed E-state index contributed by atoms with van der Waals surface area (Å²) in [6.07, 6.45) is 0.0729. The molecule has 1 aliphatic rings. The largest absolute Gasteiger partial charge is 0.490 e. The Bertz CT molecular complexity index is 803. The normalized spacial score (nSPS) is 19.3. The summed E-state index contributed by atoms with van der Waals surface area (Å²) in [7, 11) is 0. The molecule has 3 rings (SSSR count). The number of rotatable bonds is 6. The Morgan fingerprint density at radius 2 is 1.93 bits per heavy atom. The van der Waals surface area contributed by atoms with Gasteiger partial charge in [0.25, 0.3) is 0 Å². The highest BCUT2D eigenvalue weighted by molar-refractivity contribution is 6.10. The number of carbonyl (C=O) groups excluding carboxylic acids is 1. The fraction of sp³-hybridized carbons (Fsp3) is 0.381. The van der Waals surface area contributed by atoms with Gasteiger partial charge in [0.2, 0.25) is 0 Å². The number of ketones is 1. The van der Waals surface area contributed by atoms with Gasteiger partial charge in [-0.05, 0) is 37.3 Å². The molecule has 0 saturated carbocycles. The fourth-order valence-electron chi connectivity index (χ4n) is 3.14. The van der Waals surface area contributed by atoms with E-state index in [1.807, 2.05) is 19.1 Å². The predicted octanol–water partition coefficient (Wildman–Crippen LogP) is 2.47. The zero-order valence-electron chi connectivity index (χ0n) is 15.8. The van der Waals surface area contributed by atoms with Gasteiger partial charge in [-0.1, -0.05) is 19.1 Å². The predicted molar refractivity (Wildman–Crippen MR) is 107 cm³/mol. The van der Waals surface area contributed by atoms with E-state index in [1.54, 1.807) is 30.3 Å². The lowest BCUT2D eigenvalue weighted by atomic mass is 9.98. The van der Waals surface area contributed by atoms with E-state index < -0.39 is 0 Å². The third-order valence-electron chi connectivity index (χ3n) is 5.05.